The number of carbonyl (C=O) groups is 1. The van der Waals surface area contributed by atoms with Crippen LogP contribution in [0.2, 0.25) is 0 Å². The molecule has 37 heavy (non-hydrogen) atoms. The fourth-order valence-electron chi connectivity index (χ4n) is 6.93. The van der Waals surface area contributed by atoms with Crippen LogP contribution in [0.15, 0.2) is 36.7 Å². The maximum Gasteiger partial charge on any atom is 0.257 e. The molecule has 3 saturated heterocycles. The zero-order valence-electron chi connectivity index (χ0n) is 22.0. The summed E-state index contributed by atoms with van der Waals surface area (Å²) >= 11 is 0. The summed E-state index contributed by atoms with van der Waals surface area (Å²) in [5.74, 6) is 2.09. The van der Waals surface area contributed by atoms with Crippen molar-refractivity contribution in [1.29, 1.82) is 0 Å². The summed E-state index contributed by atoms with van der Waals surface area (Å²) in [5, 5.41) is 0. The van der Waals surface area contributed by atoms with Crippen molar-refractivity contribution in [2.24, 2.45) is 17.8 Å². The Morgan fingerprint density at radius 1 is 0.946 bits per heavy atom. The first-order valence-electron chi connectivity index (χ1n) is 13.7. The zero-order valence-corrected chi connectivity index (χ0v) is 22.0. The minimum Gasteiger partial charge on any atom is -0.338 e. The predicted molar refractivity (Wildman–Crippen MR) is 140 cm³/mol. The number of benzene rings is 1. The van der Waals surface area contributed by atoms with Crippen molar-refractivity contribution >= 4 is 5.91 Å². The molecule has 0 spiro atoms. The maximum absolute atomic E-state index is 13.2. The molecule has 3 atom stereocenters. The van der Waals surface area contributed by atoms with Crippen LogP contribution in [0.3, 0.4) is 0 Å². The monoisotopic (exact) mass is 511 g/mol. The van der Waals surface area contributed by atoms with E-state index in [1.54, 1.807) is 0 Å². The number of halogens is 2. The van der Waals surface area contributed by atoms with Gasteiger partial charge in [-0.3, -0.25) is 9.69 Å². The highest BCUT2D eigenvalue weighted by molar-refractivity contribution is 5.96. The number of aryl methyl sites for hydroxylation is 2. The number of piperidine rings is 1. The molecule has 0 bridgehead atoms. The minimum atomic E-state index is -2.25. The molecule has 8 heteroatoms. The van der Waals surface area contributed by atoms with Crippen molar-refractivity contribution in [3.05, 3.63) is 59.2 Å². The lowest BCUT2D eigenvalue weighted by molar-refractivity contribution is 0.0646. The summed E-state index contributed by atoms with van der Waals surface area (Å²) in [5.41, 5.74) is 3.54. The van der Waals surface area contributed by atoms with Crippen molar-refractivity contribution < 1.29 is 13.6 Å². The Hall–Kier alpha value is -2.45. The number of amides is 1. The number of alkyl halides is 2. The van der Waals surface area contributed by atoms with Crippen LogP contribution in [0.4, 0.5) is 8.78 Å². The van der Waals surface area contributed by atoms with E-state index in [0.717, 1.165) is 76.5 Å². The van der Waals surface area contributed by atoms with Crippen LogP contribution in [0, 0.1) is 31.6 Å². The summed E-state index contributed by atoms with van der Waals surface area (Å²) in [6.45, 7) is 9.91. The third-order valence-corrected chi connectivity index (χ3v) is 8.87. The molecule has 0 aliphatic carbocycles. The average Bonchev–Trinajstić information content (AvgIpc) is 3.44. The van der Waals surface area contributed by atoms with Crippen molar-refractivity contribution in [1.82, 2.24) is 24.7 Å². The highest BCUT2D eigenvalue weighted by Gasteiger charge is 2.42. The lowest BCUT2D eigenvalue weighted by Crippen LogP contribution is -2.39. The van der Waals surface area contributed by atoms with Gasteiger partial charge >= 0.3 is 0 Å². The molecule has 0 N–H and O–H groups in total. The van der Waals surface area contributed by atoms with Crippen molar-refractivity contribution in [3.8, 4) is 0 Å². The smallest absolute Gasteiger partial charge is 0.257 e. The van der Waals surface area contributed by atoms with Gasteiger partial charge in [0.1, 0.15) is 6.33 Å². The Balaban J connectivity index is 1.16. The number of hydrogen-bond donors (Lipinski definition) is 0. The highest BCUT2D eigenvalue weighted by atomic mass is 19.3. The van der Waals surface area contributed by atoms with Gasteiger partial charge in [-0.2, -0.15) is 0 Å². The molecule has 200 valence electrons. The normalized spacial score (nSPS) is 24.1. The van der Waals surface area contributed by atoms with Gasteiger partial charge in [-0.05, 0) is 82.0 Å². The Bertz CT molecular complexity index is 1030. The van der Waals surface area contributed by atoms with Crippen molar-refractivity contribution in [3.63, 3.8) is 0 Å². The molecular formula is C29H39F2N5O. The summed E-state index contributed by atoms with van der Waals surface area (Å²) in [6, 6.07) is 10.7. The van der Waals surface area contributed by atoms with Gasteiger partial charge in [-0.15, -0.1) is 0 Å². The quantitative estimate of drug-likeness (QED) is 0.531. The Morgan fingerprint density at radius 2 is 1.57 bits per heavy atom. The summed E-state index contributed by atoms with van der Waals surface area (Å²) in [4.78, 5) is 28.2. The highest BCUT2D eigenvalue weighted by Crippen LogP contribution is 2.37. The van der Waals surface area contributed by atoms with Crippen LogP contribution in [-0.4, -0.2) is 89.4 Å². The molecule has 3 aliphatic heterocycles. The number of likely N-dealkylation sites (tertiary alicyclic amines) is 3. The van der Waals surface area contributed by atoms with Gasteiger partial charge in [-0.1, -0.05) is 30.3 Å². The molecule has 1 aromatic heterocycles. The molecule has 0 radical (unpaired) electrons. The van der Waals surface area contributed by atoms with Crippen LogP contribution in [-0.2, 0) is 0 Å². The standard InChI is InChI=1S/C29H39F2N5O/c1-20-28(21(2)33-19-32-20)29(37)36-16-24-14-35(15-25(24)17-36)13-10-26(22-6-4-3-5-7-22)23-8-11-34(12-9-23)18-27(30)31/h3-7,19,23-27H,8-18H2,1-2H3. The van der Waals surface area contributed by atoms with Gasteiger partial charge in [0.2, 0.25) is 0 Å². The summed E-state index contributed by atoms with van der Waals surface area (Å²) < 4.78 is 25.7. The number of nitrogens with zero attached hydrogens (tertiary/aromatic N) is 5. The minimum absolute atomic E-state index is 0.0684. The van der Waals surface area contributed by atoms with Crippen LogP contribution in [0.1, 0.15) is 52.5 Å². The molecule has 3 aliphatic rings. The van der Waals surface area contributed by atoms with Crippen LogP contribution in [0.5, 0.6) is 0 Å². The molecule has 6 nitrogen and oxygen atoms in total. The Labute approximate surface area is 219 Å². The van der Waals surface area contributed by atoms with Gasteiger partial charge in [0.25, 0.3) is 12.3 Å². The molecule has 2 aromatic rings. The van der Waals surface area contributed by atoms with E-state index in [1.165, 1.54) is 11.9 Å². The van der Waals surface area contributed by atoms with E-state index in [9.17, 15) is 13.6 Å². The topological polar surface area (TPSA) is 52.6 Å². The second-order valence-electron chi connectivity index (χ2n) is 11.2. The largest absolute Gasteiger partial charge is 0.338 e. The molecule has 5 rings (SSSR count). The molecule has 3 fully saturated rings. The third kappa shape index (κ3) is 6.01. The van der Waals surface area contributed by atoms with Crippen LogP contribution >= 0.6 is 0 Å². The molecule has 1 amide bonds. The first-order valence-corrected chi connectivity index (χ1v) is 13.7. The van der Waals surface area contributed by atoms with E-state index < -0.39 is 6.43 Å². The van der Waals surface area contributed by atoms with E-state index in [2.05, 4.69) is 45.2 Å². The van der Waals surface area contributed by atoms with Crippen LogP contribution in [0.25, 0.3) is 0 Å². The van der Waals surface area contributed by atoms with E-state index in [-0.39, 0.29) is 12.5 Å². The lowest BCUT2D eigenvalue weighted by Gasteiger charge is -2.37. The van der Waals surface area contributed by atoms with E-state index >= 15 is 0 Å². The fourth-order valence-corrected chi connectivity index (χ4v) is 6.93. The SMILES string of the molecule is Cc1ncnc(C)c1C(=O)N1CC2CN(CCC(c3ccccc3)C3CCN(CC(F)F)CC3)CC2C1. The van der Waals surface area contributed by atoms with E-state index in [4.69, 9.17) is 0 Å². The van der Waals surface area contributed by atoms with E-state index in [1.807, 2.05) is 23.6 Å². The van der Waals surface area contributed by atoms with Gasteiger partial charge in [0.05, 0.1) is 23.5 Å². The summed E-state index contributed by atoms with van der Waals surface area (Å²) in [6.07, 6.45) is 2.32. The number of hydrogen-bond acceptors (Lipinski definition) is 5. The predicted octanol–water partition coefficient (Wildman–Crippen LogP) is 4.25. The average molecular weight is 512 g/mol. The second-order valence-corrected chi connectivity index (χ2v) is 11.2. The number of fused-ring (bicyclic) bond motifs is 1. The molecule has 1 aromatic carbocycles. The third-order valence-electron chi connectivity index (χ3n) is 8.87. The first-order chi connectivity index (χ1) is 17.9. The molecular weight excluding hydrogens is 472 g/mol. The van der Waals surface area contributed by atoms with Crippen molar-refractivity contribution in [2.75, 3.05) is 52.4 Å². The second kappa shape index (κ2) is 11.5. The molecule has 3 unspecified atom stereocenters. The lowest BCUT2D eigenvalue weighted by atomic mass is 9.78. The van der Waals surface area contributed by atoms with Gasteiger partial charge in [0, 0.05) is 26.2 Å². The summed E-state index contributed by atoms with van der Waals surface area (Å²) in [7, 11) is 0. The maximum atomic E-state index is 13.2. The van der Waals surface area contributed by atoms with Gasteiger partial charge < -0.3 is 9.80 Å². The molecule has 0 saturated carbocycles. The molecule has 4 heterocycles. The fraction of sp³-hybridized carbons (Fsp3) is 0.621. The Kier molecular flexibility index (Phi) is 8.15. The number of carbonyl (C=O) groups excluding carboxylic acids is 1. The number of aromatic nitrogens is 2. The first kappa shape index (κ1) is 26.2. The van der Waals surface area contributed by atoms with Gasteiger partial charge in [-0.25, -0.2) is 18.7 Å². The van der Waals surface area contributed by atoms with Gasteiger partial charge in [0.15, 0.2) is 0 Å². The number of rotatable bonds is 8. The van der Waals surface area contributed by atoms with Crippen LogP contribution < -0.4 is 0 Å². The van der Waals surface area contributed by atoms with E-state index in [0.29, 0.717) is 29.2 Å². The van der Waals surface area contributed by atoms with Crippen molar-refractivity contribution in [2.45, 2.75) is 45.5 Å². The zero-order chi connectivity index (χ0) is 25.9. The Morgan fingerprint density at radius 3 is 2.16 bits per heavy atom.